The molecular weight excluding hydrogens is 212 g/mol. The molecule has 0 aromatic rings. The van der Waals surface area contributed by atoms with Crippen molar-refractivity contribution >= 4 is 50.8 Å². The van der Waals surface area contributed by atoms with E-state index in [0.29, 0.717) is 0 Å². The van der Waals surface area contributed by atoms with Crippen LogP contribution in [0.15, 0.2) is 10.3 Å². The Kier molecular flexibility index (Phi) is 3.25. The van der Waals surface area contributed by atoms with Gasteiger partial charge in [-0.25, -0.2) is 0 Å². The summed E-state index contributed by atoms with van der Waals surface area (Å²) in [5, 5.41) is 0. The maximum Gasteiger partial charge on any atom is 0.259 e. The first-order chi connectivity index (χ1) is 5.45. The van der Waals surface area contributed by atoms with Crippen LogP contribution >= 0.6 is 35.3 Å². The second-order valence-electron chi connectivity index (χ2n) is 2.18. The predicted molar refractivity (Wildman–Crippen MR) is 62.7 cm³/mol. The summed E-state index contributed by atoms with van der Waals surface area (Å²) in [7, 11) is 0. The van der Waals surface area contributed by atoms with Gasteiger partial charge in [0.1, 0.15) is 0 Å². The molecule has 1 fully saturated rings. The number of hydrogen-bond acceptors (Lipinski definition) is 3. The van der Waals surface area contributed by atoms with Crippen molar-refractivity contribution < 1.29 is 0 Å². The van der Waals surface area contributed by atoms with Gasteiger partial charge in [0.2, 0.25) is 0 Å². The van der Waals surface area contributed by atoms with E-state index in [-0.39, 0.29) is 0 Å². The Morgan fingerprint density at radius 1 is 1.09 bits per heavy atom. The minimum absolute atomic E-state index is 1.30. The van der Waals surface area contributed by atoms with E-state index in [0.717, 1.165) is 0 Å². The van der Waals surface area contributed by atoms with Gasteiger partial charge in [0.05, 0.1) is 5.75 Å². The maximum atomic E-state index is 2.37. The standard InChI is InChI=1S/C7H9S4/c1-2-9-6(8-1)5-7-10-3-4-11-7/h5H,1-4H2/q+1. The molecule has 11 heavy (non-hydrogen) atoms. The van der Waals surface area contributed by atoms with E-state index in [1.54, 1.807) is 0 Å². The normalized spacial score (nSPS) is 24.0. The predicted octanol–water partition coefficient (Wildman–Crippen LogP) is 2.27. The third-order valence-corrected chi connectivity index (χ3v) is 6.55. The summed E-state index contributed by atoms with van der Waals surface area (Å²) in [6.07, 6.45) is 2.37. The summed E-state index contributed by atoms with van der Waals surface area (Å²) in [5.41, 5.74) is 0. The smallest absolute Gasteiger partial charge is 0.118 e. The lowest BCUT2D eigenvalue weighted by atomic mass is 10.7. The summed E-state index contributed by atoms with van der Waals surface area (Å²) in [5.74, 6) is 5.22. The maximum absolute atomic E-state index is 2.37. The molecule has 0 nitrogen and oxygen atoms in total. The Bertz CT molecular complexity index is 198. The second-order valence-corrected chi connectivity index (χ2v) is 7.24. The van der Waals surface area contributed by atoms with Crippen LogP contribution in [0.25, 0.3) is 0 Å². The lowest BCUT2D eigenvalue weighted by Gasteiger charge is -1.87. The van der Waals surface area contributed by atoms with Crippen molar-refractivity contribution in [1.29, 1.82) is 0 Å². The van der Waals surface area contributed by atoms with Crippen LogP contribution in [-0.4, -0.2) is 27.2 Å². The molecule has 2 aliphatic rings. The van der Waals surface area contributed by atoms with Crippen LogP contribution in [0.1, 0.15) is 0 Å². The first-order valence-corrected chi connectivity index (χ1v) is 7.49. The largest absolute Gasteiger partial charge is 0.259 e. The van der Waals surface area contributed by atoms with Gasteiger partial charge in [-0.05, 0) is 0 Å². The third kappa shape index (κ3) is 2.41. The molecule has 0 bridgehead atoms. The van der Waals surface area contributed by atoms with Crippen molar-refractivity contribution in [3.05, 3.63) is 10.3 Å². The highest BCUT2D eigenvalue weighted by Gasteiger charge is 2.19. The lowest BCUT2D eigenvalue weighted by molar-refractivity contribution is 1.58. The summed E-state index contributed by atoms with van der Waals surface area (Å²) in [6.45, 7) is 0. The van der Waals surface area contributed by atoms with Gasteiger partial charge in [0.25, 0.3) is 4.20 Å². The molecule has 0 N–H and O–H groups in total. The Hall–Kier alpha value is 0.880. The van der Waals surface area contributed by atoms with E-state index in [1.807, 2.05) is 46.6 Å². The third-order valence-electron chi connectivity index (χ3n) is 1.38. The summed E-state index contributed by atoms with van der Waals surface area (Å²) < 4.78 is 3.06. The molecule has 1 saturated heterocycles. The van der Waals surface area contributed by atoms with Crippen LogP contribution in [0, 0.1) is 0 Å². The highest BCUT2D eigenvalue weighted by Crippen LogP contribution is 2.36. The fraction of sp³-hybridized carbons (Fsp3) is 0.571. The summed E-state index contributed by atoms with van der Waals surface area (Å²) in [4.78, 5) is 0. The molecule has 2 heterocycles. The molecule has 0 spiro atoms. The monoisotopic (exact) mass is 221 g/mol. The van der Waals surface area contributed by atoms with E-state index in [9.17, 15) is 0 Å². The molecule has 0 aromatic heterocycles. The van der Waals surface area contributed by atoms with E-state index in [1.165, 1.54) is 31.4 Å². The van der Waals surface area contributed by atoms with Gasteiger partial charge in [-0.2, -0.15) is 0 Å². The molecule has 4 heteroatoms. The van der Waals surface area contributed by atoms with Gasteiger partial charge in [-0.3, -0.25) is 0 Å². The lowest BCUT2D eigenvalue weighted by Crippen LogP contribution is -1.80. The van der Waals surface area contributed by atoms with E-state index >= 15 is 0 Å². The molecule has 0 radical (unpaired) electrons. The molecule has 2 aliphatic heterocycles. The molecule has 60 valence electrons. The van der Waals surface area contributed by atoms with Crippen molar-refractivity contribution in [2.75, 3.05) is 23.0 Å². The second kappa shape index (κ2) is 4.21. The van der Waals surface area contributed by atoms with Crippen molar-refractivity contribution in [3.63, 3.8) is 0 Å². The first kappa shape index (κ1) is 8.48. The van der Waals surface area contributed by atoms with Crippen molar-refractivity contribution in [1.82, 2.24) is 0 Å². The average Bonchev–Trinajstić information content (AvgIpc) is 2.60. The zero-order valence-electron chi connectivity index (χ0n) is 6.04. The Morgan fingerprint density at radius 3 is 2.55 bits per heavy atom. The molecule has 0 aromatic carbocycles. The van der Waals surface area contributed by atoms with Crippen molar-refractivity contribution in [2.24, 2.45) is 0 Å². The van der Waals surface area contributed by atoms with Gasteiger partial charge >= 0.3 is 0 Å². The molecule has 0 atom stereocenters. The van der Waals surface area contributed by atoms with E-state index < -0.39 is 0 Å². The van der Waals surface area contributed by atoms with Gasteiger partial charge in [-0.15, -0.1) is 23.5 Å². The van der Waals surface area contributed by atoms with Gasteiger partial charge in [0.15, 0.2) is 17.1 Å². The van der Waals surface area contributed by atoms with Crippen molar-refractivity contribution in [3.8, 4) is 0 Å². The average molecular weight is 221 g/mol. The Morgan fingerprint density at radius 2 is 1.91 bits per heavy atom. The zero-order valence-corrected chi connectivity index (χ0v) is 9.30. The number of hydrogen-bond donors (Lipinski definition) is 0. The summed E-state index contributed by atoms with van der Waals surface area (Å²) >= 11 is 8.02. The molecular formula is C7H9S4+. The quantitative estimate of drug-likeness (QED) is 0.379. The topological polar surface area (TPSA) is 0 Å². The summed E-state index contributed by atoms with van der Waals surface area (Å²) in [6, 6.07) is 0. The van der Waals surface area contributed by atoms with Crippen LogP contribution in [0.5, 0.6) is 0 Å². The zero-order chi connectivity index (χ0) is 7.52. The Balaban J connectivity index is 2.00. The molecule has 2 rings (SSSR count). The van der Waals surface area contributed by atoms with Crippen LogP contribution < -0.4 is 0 Å². The first-order valence-electron chi connectivity index (χ1n) is 3.55. The fourth-order valence-electron chi connectivity index (χ4n) is 0.915. The van der Waals surface area contributed by atoms with Gasteiger partial charge < -0.3 is 0 Å². The number of thioether (sulfide) groups is 3. The van der Waals surface area contributed by atoms with Gasteiger partial charge in [0, 0.05) is 21.8 Å². The van der Waals surface area contributed by atoms with Gasteiger partial charge in [-0.1, -0.05) is 11.8 Å². The Labute approximate surface area is 83.9 Å². The molecule has 0 aliphatic carbocycles. The number of rotatable bonds is 1. The SMILES string of the molecule is C(=C1SCCS1)C1=[S+]CCS1. The molecule has 0 amide bonds. The highest BCUT2D eigenvalue weighted by molar-refractivity contribution is 8.27. The minimum Gasteiger partial charge on any atom is -0.118 e. The van der Waals surface area contributed by atoms with E-state index in [4.69, 9.17) is 0 Å². The van der Waals surface area contributed by atoms with Crippen molar-refractivity contribution in [2.45, 2.75) is 0 Å². The van der Waals surface area contributed by atoms with Crippen LogP contribution in [0.3, 0.4) is 0 Å². The van der Waals surface area contributed by atoms with Crippen LogP contribution in [0.4, 0.5) is 0 Å². The minimum atomic E-state index is 1.30. The fourth-order valence-corrected chi connectivity index (χ4v) is 5.82. The molecule has 0 unspecified atom stereocenters. The van der Waals surface area contributed by atoms with E-state index in [2.05, 4.69) is 6.08 Å². The molecule has 0 saturated carbocycles. The highest BCUT2D eigenvalue weighted by atomic mass is 32.2. The van der Waals surface area contributed by atoms with Crippen LogP contribution in [-0.2, 0) is 11.4 Å². The van der Waals surface area contributed by atoms with Crippen LogP contribution in [0.2, 0.25) is 0 Å².